The lowest BCUT2D eigenvalue weighted by Gasteiger charge is -2.29. The molecule has 0 aliphatic heterocycles. The van der Waals surface area contributed by atoms with E-state index in [-0.39, 0.29) is 12.1 Å². The summed E-state index contributed by atoms with van der Waals surface area (Å²) in [5.74, 6) is 0.899. The quantitative estimate of drug-likeness (QED) is 0.391. The number of carbonyl (C=O) groups excluding carboxylic acids is 2. The Hall–Kier alpha value is -3.02. The fourth-order valence-corrected chi connectivity index (χ4v) is 6.38. The van der Waals surface area contributed by atoms with Crippen LogP contribution in [0.25, 0.3) is 0 Å². The maximum Gasteiger partial charge on any atom is 0.319 e. The van der Waals surface area contributed by atoms with Gasteiger partial charge in [0.05, 0.1) is 0 Å². The molecule has 4 amide bonds. The number of benzene rings is 2. The smallest absolute Gasteiger partial charge is 0.319 e. The zero-order chi connectivity index (χ0) is 24.7. The lowest BCUT2D eigenvalue weighted by Crippen LogP contribution is -2.38. The van der Waals surface area contributed by atoms with Gasteiger partial charge in [-0.1, -0.05) is 30.7 Å². The van der Waals surface area contributed by atoms with Gasteiger partial charge in [-0.3, -0.25) is 0 Å². The number of amides is 4. The first-order valence-corrected chi connectivity index (χ1v) is 14.0. The summed E-state index contributed by atoms with van der Waals surface area (Å²) in [6.45, 7) is 1.36. The Bertz CT molecular complexity index is 999. The lowest BCUT2D eigenvalue weighted by molar-refractivity contribution is 0.230. The number of aryl methyl sites for hydroxylation is 2. The van der Waals surface area contributed by atoms with E-state index >= 15 is 0 Å². The SMILES string of the molecule is O=C(NC[C@H]1CCC[C@H](CNC(=O)Nc2cccc3c2CCCC3)C1)Nc1cccc2c1CCCC2. The van der Waals surface area contributed by atoms with E-state index in [1.807, 2.05) is 24.3 Å². The van der Waals surface area contributed by atoms with E-state index in [2.05, 4.69) is 33.4 Å². The number of hydrogen-bond donors (Lipinski definition) is 4. The molecule has 192 valence electrons. The van der Waals surface area contributed by atoms with Crippen LogP contribution in [0.2, 0.25) is 0 Å². The van der Waals surface area contributed by atoms with Crippen molar-refractivity contribution < 1.29 is 9.59 Å². The fraction of sp³-hybridized carbons (Fsp3) is 0.533. The number of anilines is 2. The summed E-state index contributed by atoms with van der Waals surface area (Å²) in [5, 5.41) is 12.4. The van der Waals surface area contributed by atoms with E-state index < -0.39 is 0 Å². The van der Waals surface area contributed by atoms with Crippen molar-refractivity contribution in [1.82, 2.24) is 10.6 Å². The number of carbonyl (C=O) groups is 2. The molecule has 1 fully saturated rings. The van der Waals surface area contributed by atoms with Crippen LogP contribution in [-0.4, -0.2) is 25.2 Å². The van der Waals surface area contributed by atoms with Crippen LogP contribution in [0.5, 0.6) is 0 Å². The largest absolute Gasteiger partial charge is 0.338 e. The van der Waals surface area contributed by atoms with Gasteiger partial charge in [0, 0.05) is 24.5 Å². The standard InChI is InChI=1S/C30H40N4O2/c35-29(33-27-16-6-12-23-10-1-3-14-25(23)27)31-19-21-8-5-9-22(18-21)20-32-30(36)34-28-17-7-13-24-11-2-4-15-26(24)28/h6-7,12-13,16-17,21-22H,1-5,8-11,14-15,18-20H2,(H2,31,33,35)(H2,32,34,36)/t21-,22-/m0/s1. The van der Waals surface area contributed by atoms with Crippen LogP contribution in [0.1, 0.15) is 73.6 Å². The minimum atomic E-state index is -0.111. The highest BCUT2D eigenvalue weighted by Gasteiger charge is 2.23. The third-order valence-corrected chi connectivity index (χ3v) is 8.28. The van der Waals surface area contributed by atoms with Crippen molar-refractivity contribution in [2.45, 2.75) is 77.0 Å². The van der Waals surface area contributed by atoms with Crippen LogP contribution in [0.15, 0.2) is 36.4 Å². The highest BCUT2D eigenvalue weighted by atomic mass is 16.2. The van der Waals surface area contributed by atoms with Crippen molar-refractivity contribution in [2.24, 2.45) is 11.8 Å². The number of fused-ring (bicyclic) bond motifs is 2. The van der Waals surface area contributed by atoms with Crippen molar-refractivity contribution >= 4 is 23.4 Å². The summed E-state index contributed by atoms with van der Waals surface area (Å²) >= 11 is 0. The zero-order valence-corrected chi connectivity index (χ0v) is 21.3. The predicted molar refractivity (Wildman–Crippen MR) is 146 cm³/mol. The van der Waals surface area contributed by atoms with Gasteiger partial charge in [-0.2, -0.15) is 0 Å². The third-order valence-electron chi connectivity index (χ3n) is 8.28. The zero-order valence-electron chi connectivity index (χ0n) is 21.3. The van der Waals surface area contributed by atoms with Gasteiger partial charge in [0.15, 0.2) is 0 Å². The van der Waals surface area contributed by atoms with Crippen LogP contribution >= 0.6 is 0 Å². The first-order valence-electron chi connectivity index (χ1n) is 14.0. The molecular weight excluding hydrogens is 448 g/mol. The number of hydrogen-bond acceptors (Lipinski definition) is 2. The molecule has 0 radical (unpaired) electrons. The monoisotopic (exact) mass is 488 g/mol. The summed E-state index contributed by atoms with van der Waals surface area (Å²) in [4.78, 5) is 25.3. The van der Waals surface area contributed by atoms with Gasteiger partial charge in [-0.15, -0.1) is 0 Å². The Kier molecular flexibility index (Phi) is 8.09. The average molecular weight is 489 g/mol. The van der Waals surface area contributed by atoms with Crippen LogP contribution in [0, 0.1) is 11.8 Å². The molecule has 0 saturated heterocycles. The summed E-state index contributed by atoms with van der Waals surface area (Å²) in [6.07, 6.45) is 13.6. The van der Waals surface area contributed by atoms with Crippen LogP contribution in [-0.2, 0) is 25.7 Å². The third kappa shape index (κ3) is 6.21. The van der Waals surface area contributed by atoms with E-state index in [9.17, 15) is 9.59 Å². The van der Waals surface area contributed by atoms with Crippen LogP contribution in [0.4, 0.5) is 21.0 Å². The normalized spacial score (nSPS) is 21.0. The Morgan fingerprint density at radius 2 is 1.11 bits per heavy atom. The van der Waals surface area contributed by atoms with Gasteiger partial charge in [0.25, 0.3) is 0 Å². The molecule has 0 bridgehead atoms. The second kappa shape index (κ2) is 11.8. The molecule has 6 nitrogen and oxygen atoms in total. The molecule has 4 N–H and O–H groups in total. The minimum absolute atomic E-state index is 0.111. The molecular formula is C30H40N4O2. The Morgan fingerprint density at radius 3 is 1.61 bits per heavy atom. The van der Waals surface area contributed by atoms with Crippen LogP contribution < -0.4 is 21.3 Å². The molecule has 36 heavy (non-hydrogen) atoms. The van der Waals surface area contributed by atoms with Gasteiger partial charge < -0.3 is 21.3 Å². The molecule has 0 aromatic heterocycles. The Balaban J connectivity index is 1.05. The molecule has 3 aliphatic rings. The molecule has 2 aromatic rings. The van der Waals surface area contributed by atoms with Gasteiger partial charge in [-0.25, -0.2) is 9.59 Å². The second-order valence-corrected chi connectivity index (χ2v) is 10.9. The van der Waals surface area contributed by atoms with E-state index in [1.54, 1.807) is 0 Å². The fourth-order valence-electron chi connectivity index (χ4n) is 6.38. The molecule has 0 heterocycles. The number of nitrogens with one attached hydrogen (secondary N) is 4. The molecule has 3 aliphatic carbocycles. The van der Waals surface area contributed by atoms with E-state index in [0.29, 0.717) is 24.9 Å². The summed E-state index contributed by atoms with van der Waals surface area (Å²) in [5.41, 5.74) is 7.27. The van der Waals surface area contributed by atoms with Crippen molar-refractivity contribution in [3.05, 3.63) is 58.7 Å². The van der Waals surface area contributed by atoms with Crippen molar-refractivity contribution in [3.8, 4) is 0 Å². The van der Waals surface area contributed by atoms with Crippen molar-refractivity contribution in [2.75, 3.05) is 23.7 Å². The molecule has 2 aromatic carbocycles. The summed E-state index contributed by atoms with van der Waals surface area (Å²) in [6, 6.07) is 12.3. The first kappa shape index (κ1) is 24.7. The van der Waals surface area contributed by atoms with Crippen molar-refractivity contribution in [3.63, 3.8) is 0 Å². The molecule has 2 atom stereocenters. The van der Waals surface area contributed by atoms with Crippen molar-refractivity contribution in [1.29, 1.82) is 0 Å². The van der Waals surface area contributed by atoms with Gasteiger partial charge in [0.2, 0.25) is 0 Å². The number of rotatable bonds is 6. The maximum absolute atomic E-state index is 12.6. The molecule has 6 heteroatoms. The van der Waals surface area contributed by atoms with E-state index in [0.717, 1.165) is 62.7 Å². The van der Waals surface area contributed by atoms with Gasteiger partial charge in [0.1, 0.15) is 0 Å². The van der Waals surface area contributed by atoms with E-state index in [1.165, 1.54) is 47.9 Å². The highest BCUT2D eigenvalue weighted by Crippen LogP contribution is 2.30. The maximum atomic E-state index is 12.6. The Labute approximate surface area is 215 Å². The summed E-state index contributed by atoms with van der Waals surface area (Å²) < 4.78 is 0. The highest BCUT2D eigenvalue weighted by molar-refractivity contribution is 5.91. The van der Waals surface area contributed by atoms with Gasteiger partial charge in [-0.05, 0) is 117 Å². The molecule has 1 saturated carbocycles. The number of urea groups is 2. The molecule has 0 spiro atoms. The van der Waals surface area contributed by atoms with E-state index in [4.69, 9.17) is 0 Å². The molecule has 5 rings (SSSR count). The minimum Gasteiger partial charge on any atom is -0.338 e. The lowest BCUT2D eigenvalue weighted by atomic mass is 9.81. The second-order valence-electron chi connectivity index (χ2n) is 10.9. The Morgan fingerprint density at radius 1 is 0.639 bits per heavy atom. The average Bonchev–Trinajstić information content (AvgIpc) is 2.91. The summed E-state index contributed by atoms with van der Waals surface area (Å²) in [7, 11) is 0. The van der Waals surface area contributed by atoms with Crippen LogP contribution in [0.3, 0.4) is 0 Å². The van der Waals surface area contributed by atoms with Gasteiger partial charge >= 0.3 is 12.1 Å². The predicted octanol–water partition coefficient (Wildman–Crippen LogP) is 6.19. The topological polar surface area (TPSA) is 82.3 Å². The molecule has 0 unspecified atom stereocenters. The first-order chi connectivity index (χ1) is 17.7.